The molecule has 29 heavy (non-hydrogen) atoms. The highest BCUT2D eigenvalue weighted by atomic mass is 79.9. The van der Waals surface area contributed by atoms with Gasteiger partial charge in [-0.25, -0.2) is 0 Å². The van der Waals surface area contributed by atoms with Gasteiger partial charge >= 0.3 is 0 Å². The number of para-hydroxylation sites is 1. The quantitative estimate of drug-likeness (QED) is 0.376. The van der Waals surface area contributed by atoms with E-state index in [1.807, 2.05) is 61.5 Å². The van der Waals surface area contributed by atoms with Gasteiger partial charge in [0.15, 0.2) is 6.61 Å². The molecular formula is C23H20Br2N2O2. The number of nitrogens with one attached hydrogen (secondary N) is 1. The number of halogens is 2. The average Bonchev–Trinajstić information content (AvgIpc) is 2.67. The summed E-state index contributed by atoms with van der Waals surface area (Å²) in [7, 11) is 0. The Bertz CT molecular complexity index is 1030. The molecule has 148 valence electrons. The molecule has 0 aliphatic heterocycles. The summed E-state index contributed by atoms with van der Waals surface area (Å²) in [6, 6.07) is 19.2. The zero-order chi connectivity index (χ0) is 20.8. The number of nitrogens with zero attached hydrogens (tertiary/aromatic N) is 1. The van der Waals surface area contributed by atoms with Crippen molar-refractivity contribution in [2.75, 3.05) is 11.9 Å². The van der Waals surface area contributed by atoms with Gasteiger partial charge in [-0.3, -0.25) is 9.79 Å². The Morgan fingerprint density at radius 2 is 1.72 bits per heavy atom. The van der Waals surface area contributed by atoms with Gasteiger partial charge in [0.25, 0.3) is 5.91 Å². The van der Waals surface area contributed by atoms with Gasteiger partial charge in [0, 0.05) is 11.9 Å². The van der Waals surface area contributed by atoms with E-state index in [4.69, 9.17) is 4.74 Å². The first-order valence-electron chi connectivity index (χ1n) is 9.00. The number of benzene rings is 3. The number of ether oxygens (including phenoxy) is 1. The topological polar surface area (TPSA) is 50.7 Å². The third-order valence-corrected chi connectivity index (χ3v) is 5.31. The lowest BCUT2D eigenvalue weighted by Crippen LogP contribution is -2.20. The van der Waals surface area contributed by atoms with Gasteiger partial charge in [-0.15, -0.1) is 0 Å². The Hall–Kier alpha value is -2.44. The molecule has 0 saturated heterocycles. The van der Waals surface area contributed by atoms with Crippen molar-refractivity contribution in [2.45, 2.75) is 13.8 Å². The first kappa shape index (κ1) is 21.3. The van der Waals surface area contributed by atoms with Crippen LogP contribution in [0, 0.1) is 13.8 Å². The van der Waals surface area contributed by atoms with Crippen LogP contribution in [0.15, 0.2) is 74.6 Å². The molecule has 1 amide bonds. The van der Waals surface area contributed by atoms with Crippen molar-refractivity contribution in [3.63, 3.8) is 0 Å². The minimum absolute atomic E-state index is 0.0951. The van der Waals surface area contributed by atoms with Gasteiger partial charge in [-0.05, 0) is 87.2 Å². The maximum absolute atomic E-state index is 12.1. The van der Waals surface area contributed by atoms with Crippen molar-refractivity contribution in [1.29, 1.82) is 0 Å². The van der Waals surface area contributed by atoms with Gasteiger partial charge in [0.05, 0.1) is 14.6 Å². The third kappa shape index (κ3) is 6.02. The lowest BCUT2D eigenvalue weighted by Gasteiger charge is -2.11. The molecular weight excluding hydrogens is 496 g/mol. The summed E-state index contributed by atoms with van der Waals surface area (Å²) in [5.74, 6) is 0.340. The molecule has 6 heteroatoms. The summed E-state index contributed by atoms with van der Waals surface area (Å²) in [6.07, 6.45) is 1.80. The molecule has 0 aromatic heterocycles. The zero-order valence-corrected chi connectivity index (χ0v) is 19.2. The van der Waals surface area contributed by atoms with E-state index in [9.17, 15) is 4.79 Å². The standard InChI is InChI=1S/C23H20Br2N2O2/c1-15-8-9-21(16(2)10-15)26-13-17-11-19(24)23(20(25)12-17)29-14-22(28)27-18-6-4-3-5-7-18/h3-13H,14H2,1-2H3,(H,27,28). The van der Waals surface area contributed by atoms with Crippen molar-refractivity contribution in [2.24, 2.45) is 4.99 Å². The molecule has 0 saturated carbocycles. The maximum atomic E-state index is 12.1. The highest BCUT2D eigenvalue weighted by Crippen LogP contribution is 2.34. The average molecular weight is 516 g/mol. The summed E-state index contributed by atoms with van der Waals surface area (Å²) in [5.41, 5.74) is 4.91. The minimum Gasteiger partial charge on any atom is -0.481 e. The van der Waals surface area contributed by atoms with Crippen molar-refractivity contribution in [3.8, 4) is 5.75 Å². The monoisotopic (exact) mass is 514 g/mol. The molecule has 0 bridgehead atoms. The Balaban J connectivity index is 1.67. The lowest BCUT2D eigenvalue weighted by atomic mass is 10.1. The van der Waals surface area contributed by atoms with Crippen LogP contribution in [0.25, 0.3) is 0 Å². The van der Waals surface area contributed by atoms with Crippen LogP contribution in [0.5, 0.6) is 5.75 Å². The number of hydrogen-bond acceptors (Lipinski definition) is 3. The number of rotatable bonds is 6. The van der Waals surface area contributed by atoms with E-state index >= 15 is 0 Å². The van der Waals surface area contributed by atoms with Crippen LogP contribution in [0.4, 0.5) is 11.4 Å². The number of amides is 1. The second-order valence-corrected chi connectivity index (χ2v) is 8.27. The summed E-state index contributed by atoms with van der Waals surface area (Å²) in [4.78, 5) is 16.7. The van der Waals surface area contributed by atoms with Crippen molar-refractivity contribution in [1.82, 2.24) is 0 Å². The lowest BCUT2D eigenvalue weighted by molar-refractivity contribution is -0.118. The smallest absolute Gasteiger partial charge is 0.262 e. The Morgan fingerprint density at radius 1 is 1.03 bits per heavy atom. The fourth-order valence-electron chi connectivity index (χ4n) is 2.74. The maximum Gasteiger partial charge on any atom is 0.262 e. The normalized spacial score (nSPS) is 10.9. The molecule has 3 rings (SSSR count). The molecule has 0 radical (unpaired) electrons. The van der Waals surface area contributed by atoms with E-state index in [0.29, 0.717) is 5.75 Å². The molecule has 0 spiro atoms. The SMILES string of the molecule is Cc1ccc(N=Cc2cc(Br)c(OCC(=O)Nc3ccccc3)c(Br)c2)c(C)c1. The Kier molecular flexibility index (Phi) is 7.23. The number of hydrogen-bond donors (Lipinski definition) is 1. The highest BCUT2D eigenvalue weighted by molar-refractivity contribution is 9.11. The highest BCUT2D eigenvalue weighted by Gasteiger charge is 2.11. The van der Waals surface area contributed by atoms with E-state index in [1.54, 1.807) is 6.21 Å². The fourth-order valence-corrected chi connectivity index (χ4v) is 4.19. The Morgan fingerprint density at radius 3 is 2.38 bits per heavy atom. The summed E-state index contributed by atoms with van der Waals surface area (Å²) >= 11 is 7.03. The van der Waals surface area contributed by atoms with Gasteiger partial charge in [-0.2, -0.15) is 0 Å². The fraction of sp³-hybridized carbons (Fsp3) is 0.130. The molecule has 0 atom stereocenters. The summed E-state index contributed by atoms with van der Waals surface area (Å²) in [5, 5.41) is 2.79. The molecule has 0 aliphatic carbocycles. The van der Waals surface area contributed by atoms with E-state index in [2.05, 4.69) is 55.2 Å². The zero-order valence-electron chi connectivity index (χ0n) is 16.1. The number of aliphatic imine (C=N–C) groups is 1. The van der Waals surface area contributed by atoms with Gasteiger partial charge in [0.1, 0.15) is 5.75 Å². The number of carbonyl (C=O) groups is 1. The van der Waals surface area contributed by atoms with E-state index in [0.717, 1.165) is 31.4 Å². The van der Waals surface area contributed by atoms with Crippen LogP contribution >= 0.6 is 31.9 Å². The van der Waals surface area contributed by atoms with Crippen LogP contribution in [0.2, 0.25) is 0 Å². The van der Waals surface area contributed by atoms with Crippen LogP contribution < -0.4 is 10.1 Å². The Labute approximate surface area is 187 Å². The van der Waals surface area contributed by atoms with Crippen LogP contribution in [-0.4, -0.2) is 18.7 Å². The molecule has 3 aromatic rings. The van der Waals surface area contributed by atoms with Gasteiger partial charge in [-0.1, -0.05) is 35.9 Å². The second kappa shape index (κ2) is 9.85. The van der Waals surface area contributed by atoms with Gasteiger partial charge in [0.2, 0.25) is 0 Å². The first-order chi connectivity index (χ1) is 13.9. The van der Waals surface area contributed by atoms with E-state index in [1.165, 1.54) is 5.56 Å². The predicted molar refractivity (Wildman–Crippen MR) is 126 cm³/mol. The predicted octanol–water partition coefficient (Wildman–Crippen LogP) is 6.60. The van der Waals surface area contributed by atoms with Crippen molar-refractivity contribution < 1.29 is 9.53 Å². The molecule has 0 aliphatic rings. The molecule has 1 N–H and O–H groups in total. The summed E-state index contributed by atoms with van der Waals surface area (Å²) in [6.45, 7) is 4.01. The van der Waals surface area contributed by atoms with Crippen molar-refractivity contribution >= 4 is 55.4 Å². The first-order valence-corrected chi connectivity index (χ1v) is 10.6. The minimum atomic E-state index is -0.226. The molecule has 3 aromatic carbocycles. The number of aryl methyl sites for hydroxylation is 2. The van der Waals surface area contributed by atoms with E-state index in [-0.39, 0.29) is 12.5 Å². The number of carbonyl (C=O) groups excluding carboxylic acids is 1. The van der Waals surface area contributed by atoms with Crippen LogP contribution in [0.3, 0.4) is 0 Å². The largest absolute Gasteiger partial charge is 0.481 e. The van der Waals surface area contributed by atoms with E-state index < -0.39 is 0 Å². The number of anilines is 1. The van der Waals surface area contributed by atoms with Crippen molar-refractivity contribution in [3.05, 3.63) is 86.3 Å². The molecule has 4 nitrogen and oxygen atoms in total. The second-order valence-electron chi connectivity index (χ2n) is 6.56. The molecule has 0 unspecified atom stereocenters. The van der Waals surface area contributed by atoms with Crippen LogP contribution in [0.1, 0.15) is 16.7 Å². The summed E-state index contributed by atoms with van der Waals surface area (Å²) < 4.78 is 7.18. The molecule has 0 fully saturated rings. The van der Waals surface area contributed by atoms with Crippen LogP contribution in [-0.2, 0) is 4.79 Å². The molecule has 0 heterocycles. The van der Waals surface area contributed by atoms with Gasteiger partial charge < -0.3 is 10.1 Å². The third-order valence-electron chi connectivity index (χ3n) is 4.13.